The lowest BCUT2D eigenvalue weighted by atomic mass is 10.2. The van der Waals surface area contributed by atoms with Gasteiger partial charge >= 0.3 is 0 Å². The molecule has 8 nitrogen and oxygen atoms in total. The summed E-state index contributed by atoms with van der Waals surface area (Å²) in [4.78, 5) is 0.200. The summed E-state index contributed by atoms with van der Waals surface area (Å²) >= 11 is 1.39. The average Bonchev–Trinajstić information content (AvgIpc) is 3.27. The molecular weight excluding hydrogens is 438 g/mol. The molecule has 10 heteroatoms. The zero-order valence-electron chi connectivity index (χ0n) is 17.1. The van der Waals surface area contributed by atoms with Crippen molar-refractivity contribution in [2.75, 3.05) is 38.7 Å². The molecule has 0 bridgehead atoms. The molecule has 1 saturated heterocycles. The van der Waals surface area contributed by atoms with Gasteiger partial charge in [-0.25, -0.2) is 8.42 Å². The van der Waals surface area contributed by atoms with Gasteiger partial charge in [-0.3, -0.25) is 0 Å². The van der Waals surface area contributed by atoms with Crippen molar-refractivity contribution in [2.45, 2.75) is 17.0 Å². The SMILES string of the molecule is Cc1ccccc1OCCSc1nnc(-c2cccc(S(=O)(=O)N3CCOCC3)c2)o1. The van der Waals surface area contributed by atoms with Crippen molar-refractivity contribution in [2.24, 2.45) is 0 Å². The van der Waals surface area contributed by atoms with Gasteiger partial charge in [-0.05, 0) is 36.8 Å². The molecule has 0 atom stereocenters. The Balaban J connectivity index is 1.38. The fourth-order valence-corrected chi connectivity index (χ4v) is 5.14. The molecule has 3 aromatic rings. The number of sulfonamides is 1. The maximum Gasteiger partial charge on any atom is 0.276 e. The van der Waals surface area contributed by atoms with Crippen LogP contribution in [0.5, 0.6) is 5.75 Å². The first-order valence-electron chi connectivity index (χ1n) is 9.87. The predicted octanol–water partition coefficient (Wildman–Crippen LogP) is 3.24. The van der Waals surface area contributed by atoms with Crippen LogP contribution in [-0.2, 0) is 14.8 Å². The van der Waals surface area contributed by atoms with E-state index in [4.69, 9.17) is 13.9 Å². The molecule has 2 aromatic carbocycles. The van der Waals surface area contributed by atoms with Crippen molar-refractivity contribution in [1.82, 2.24) is 14.5 Å². The van der Waals surface area contributed by atoms with E-state index in [1.54, 1.807) is 24.3 Å². The Morgan fingerprint density at radius 2 is 1.90 bits per heavy atom. The van der Waals surface area contributed by atoms with E-state index in [-0.39, 0.29) is 10.8 Å². The standard InChI is InChI=1S/C21H23N3O5S2/c1-16-5-2-3-8-19(16)28-13-14-30-21-23-22-20(29-21)17-6-4-7-18(15-17)31(25,26)24-9-11-27-12-10-24/h2-8,15H,9-14H2,1H3. The summed E-state index contributed by atoms with van der Waals surface area (Å²) in [6.45, 7) is 3.99. The molecule has 1 aromatic heterocycles. The van der Waals surface area contributed by atoms with Crippen LogP contribution in [0.15, 0.2) is 63.1 Å². The third-order valence-corrected chi connectivity index (χ3v) is 7.43. The van der Waals surface area contributed by atoms with Crippen LogP contribution in [-0.4, -0.2) is 61.6 Å². The first-order chi connectivity index (χ1) is 15.0. The minimum atomic E-state index is -3.59. The Hall–Kier alpha value is -2.40. The van der Waals surface area contributed by atoms with E-state index in [9.17, 15) is 8.42 Å². The summed E-state index contributed by atoms with van der Waals surface area (Å²) in [6, 6.07) is 14.4. The Kier molecular flexibility index (Phi) is 6.91. The van der Waals surface area contributed by atoms with Gasteiger partial charge in [-0.15, -0.1) is 10.2 Å². The number of hydrogen-bond donors (Lipinski definition) is 0. The van der Waals surface area contributed by atoms with E-state index in [2.05, 4.69) is 10.2 Å². The molecule has 0 unspecified atom stereocenters. The quantitative estimate of drug-likeness (QED) is 0.373. The number of thioether (sulfide) groups is 1. The van der Waals surface area contributed by atoms with Crippen LogP contribution < -0.4 is 4.74 Å². The van der Waals surface area contributed by atoms with E-state index < -0.39 is 10.0 Å². The Labute approximate surface area is 185 Å². The number of aryl methyl sites for hydroxylation is 1. The highest BCUT2D eigenvalue weighted by molar-refractivity contribution is 7.99. The molecule has 0 N–H and O–H groups in total. The smallest absolute Gasteiger partial charge is 0.276 e. The van der Waals surface area contributed by atoms with Crippen LogP contribution in [0.2, 0.25) is 0 Å². The van der Waals surface area contributed by atoms with Crippen molar-refractivity contribution in [3.63, 3.8) is 0 Å². The van der Waals surface area contributed by atoms with E-state index in [0.717, 1.165) is 11.3 Å². The Morgan fingerprint density at radius 3 is 2.71 bits per heavy atom. The lowest BCUT2D eigenvalue weighted by molar-refractivity contribution is 0.0730. The highest BCUT2D eigenvalue weighted by atomic mass is 32.2. The molecule has 0 amide bonds. The molecule has 1 aliphatic rings. The van der Waals surface area contributed by atoms with Crippen LogP contribution in [0.25, 0.3) is 11.5 Å². The summed E-state index contributed by atoms with van der Waals surface area (Å²) in [5.41, 5.74) is 1.64. The molecule has 0 radical (unpaired) electrons. The molecule has 4 rings (SSSR count). The maximum absolute atomic E-state index is 12.9. The summed E-state index contributed by atoms with van der Waals surface area (Å²) in [6.07, 6.45) is 0. The number of hydrogen-bond acceptors (Lipinski definition) is 8. The first kappa shape index (κ1) is 21.8. The lowest BCUT2D eigenvalue weighted by Gasteiger charge is -2.26. The fraction of sp³-hybridized carbons (Fsp3) is 0.333. The first-order valence-corrected chi connectivity index (χ1v) is 12.3. The maximum atomic E-state index is 12.9. The third kappa shape index (κ3) is 5.27. The summed E-state index contributed by atoms with van der Waals surface area (Å²) in [5.74, 6) is 1.77. The minimum Gasteiger partial charge on any atom is -0.492 e. The zero-order chi connectivity index (χ0) is 21.7. The number of benzene rings is 2. The Bertz CT molecular complexity index is 1130. The topological polar surface area (TPSA) is 94.8 Å². The summed E-state index contributed by atoms with van der Waals surface area (Å²) in [5, 5.41) is 8.52. The minimum absolute atomic E-state index is 0.200. The van der Waals surface area contributed by atoms with Crippen molar-refractivity contribution < 1.29 is 22.3 Å². The van der Waals surface area contributed by atoms with Crippen LogP contribution >= 0.6 is 11.8 Å². The van der Waals surface area contributed by atoms with E-state index in [0.29, 0.717) is 49.4 Å². The van der Waals surface area contributed by atoms with E-state index >= 15 is 0 Å². The molecule has 1 aliphatic heterocycles. The number of ether oxygens (including phenoxy) is 2. The molecule has 1 fully saturated rings. The van der Waals surface area contributed by atoms with Gasteiger partial charge in [0.1, 0.15) is 5.75 Å². The number of para-hydroxylation sites is 1. The molecule has 31 heavy (non-hydrogen) atoms. The number of aromatic nitrogens is 2. The molecule has 2 heterocycles. The molecule has 0 aliphatic carbocycles. The second-order valence-corrected chi connectivity index (χ2v) is 9.86. The number of morpholine rings is 1. The fourth-order valence-electron chi connectivity index (χ4n) is 3.11. The Morgan fingerprint density at radius 1 is 1.10 bits per heavy atom. The zero-order valence-corrected chi connectivity index (χ0v) is 18.7. The van der Waals surface area contributed by atoms with Gasteiger partial charge in [0, 0.05) is 24.4 Å². The second-order valence-electron chi connectivity index (χ2n) is 6.88. The summed E-state index contributed by atoms with van der Waals surface area (Å²) in [7, 11) is -3.59. The van der Waals surface area contributed by atoms with Gasteiger partial charge < -0.3 is 13.9 Å². The van der Waals surface area contributed by atoms with Gasteiger partial charge in [-0.1, -0.05) is 36.0 Å². The number of nitrogens with zero attached hydrogens (tertiary/aromatic N) is 3. The highest BCUT2D eigenvalue weighted by Gasteiger charge is 2.26. The molecular formula is C21H23N3O5S2. The van der Waals surface area contributed by atoms with Crippen molar-refractivity contribution >= 4 is 21.8 Å². The molecule has 0 spiro atoms. The third-order valence-electron chi connectivity index (χ3n) is 4.76. The highest BCUT2D eigenvalue weighted by Crippen LogP contribution is 2.27. The van der Waals surface area contributed by atoms with Crippen molar-refractivity contribution in [1.29, 1.82) is 0 Å². The lowest BCUT2D eigenvalue weighted by Crippen LogP contribution is -2.40. The molecule has 0 saturated carbocycles. The number of rotatable bonds is 8. The van der Waals surface area contributed by atoms with Crippen molar-refractivity contribution in [3.05, 3.63) is 54.1 Å². The van der Waals surface area contributed by atoms with Gasteiger partial charge in [-0.2, -0.15) is 4.31 Å². The van der Waals surface area contributed by atoms with E-state index in [1.807, 2.05) is 31.2 Å². The van der Waals surface area contributed by atoms with Gasteiger partial charge in [0.05, 0.1) is 24.7 Å². The average molecular weight is 462 g/mol. The van der Waals surface area contributed by atoms with Crippen molar-refractivity contribution in [3.8, 4) is 17.2 Å². The van der Waals surface area contributed by atoms with Crippen LogP contribution in [0.3, 0.4) is 0 Å². The monoisotopic (exact) mass is 461 g/mol. The van der Waals surface area contributed by atoms with Crippen LogP contribution in [0, 0.1) is 6.92 Å². The predicted molar refractivity (Wildman–Crippen MR) is 117 cm³/mol. The van der Waals surface area contributed by atoms with Gasteiger partial charge in [0.15, 0.2) is 0 Å². The van der Waals surface area contributed by atoms with Crippen LogP contribution in [0.4, 0.5) is 0 Å². The second kappa shape index (κ2) is 9.82. The summed E-state index contributed by atoms with van der Waals surface area (Å²) < 4.78 is 43.9. The normalized spacial score (nSPS) is 15.1. The van der Waals surface area contributed by atoms with Gasteiger partial charge in [0.2, 0.25) is 15.9 Å². The van der Waals surface area contributed by atoms with Gasteiger partial charge in [0.25, 0.3) is 5.22 Å². The molecule has 164 valence electrons. The largest absolute Gasteiger partial charge is 0.492 e. The van der Waals surface area contributed by atoms with Crippen LogP contribution in [0.1, 0.15) is 5.56 Å². The van der Waals surface area contributed by atoms with E-state index in [1.165, 1.54) is 16.1 Å².